The number of aryl methyl sites for hydroxylation is 1. The van der Waals surface area contributed by atoms with Crippen LogP contribution in [-0.4, -0.2) is 41.8 Å². The second kappa shape index (κ2) is 8.51. The molecule has 0 unspecified atom stereocenters. The van der Waals surface area contributed by atoms with E-state index >= 15 is 0 Å². The third kappa shape index (κ3) is 4.47. The number of rotatable bonds is 7. The molecule has 0 spiro atoms. The zero-order valence-electron chi connectivity index (χ0n) is 14.9. The van der Waals surface area contributed by atoms with Crippen LogP contribution in [-0.2, 0) is 16.1 Å². The molecule has 0 fully saturated rings. The summed E-state index contributed by atoms with van der Waals surface area (Å²) in [5, 5.41) is 16.2. The molecule has 0 amide bonds. The van der Waals surface area contributed by atoms with Crippen molar-refractivity contribution in [2.24, 2.45) is 10.9 Å². The lowest BCUT2D eigenvalue weighted by molar-refractivity contribution is -0.113. The van der Waals surface area contributed by atoms with Crippen LogP contribution >= 0.6 is 11.3 Å². The van der Waals surface area contributed by atoms with Crippen LogP contribution in [0, 0.1) is 6.92 Å². The van der Waals surface area contributed by atoms with Crippen LogP contribution in [0.3, 0.4) is 0 Å². The van der Waals surface area contributed by atoms with E-state index < -0.39 is 12.9 Å². The van der Waals surface area contributed by atoms with Crippen molar-refractivity contribution in [3.63, 3.8) is 0 Å². The summed E-state index contributed by atoms with van der Waals surface area (Å²) in [4.78, 5) is 22.1. The van der Waals surface area contributed by atoms with Crippen LogP contribution in [0.5, 0.6) is 5.75 Å². The summed E-state index contributed by atoms with van der Waals surface area (Å²) < 4.78 is 5.65. The smallest absolute Gasteiger partial charge is 0.526 e. The van der Waals surface area contributed by atoms with Crippen molar-refractivity contribution >= 4 is 35.1 Å². The van der Waals surface area contributed by atoms with Gasteiger partial charge in [0.1, 0.15) is 18.1 Å². The molecule has 27 heavy (non-hydrogen) atoms. The molecule has 1 atom stereocenters. The molecule has 0 saturated heterocycles. The lowest BCUT2D eigenvalue weighted by atomic mass is 9.64. The molecule has 142 valence electrons. The first-order valence-electron chi connectivity index (χ1n) is 8.57. The molecule has 10 heteroatoms. The highest BCUT2D eigenvalue weighted by atomic mass is 32.1. The summed E-state index contributed by atoms with van der Waals surface area (Å²) in [6.07, 6.45) is 0.566. The number of fused-ring (bicyclic) bond motifs is 1. The van der Waals surface area contributed by atoms with Gasteiger partial charge in [-0.05, 0) is 24.5 Å². The minimum atomic E-state index is -1.07. The highest BCUT2D eigenvalue weighted by Crippen LogP contribution is 2.36. The lowest BCUT2D eigenvalue weighted by Crippen LogP contribution is -2.36. The van der Waals surface area contributed by atoms with E-state index in [1.54, 1.807) is 5.38 Å². The van der Waals surface area contributed by atoms with E-state index in [2.05, 4.69) is 10.1 Å². The Labute approximate surface area is 161 Å². The van der Waals surface area contributed by atoms with Crippen LogP contribution in [0.4, 0.5) is 5.13 Å². The largest absolute Gasteiger partial charge is 0.536 e. The molecule has 2 heterocycles. The number of carbonyl (C=O) groups is 1. The molecule has 0 radical (unpaired) electrons. The van der Waals surface area contributed by atoms with Crippen LogP contribution in [0.2, 0.25) is 5.82 Å². The van der Waals surface area contributed by atoms with Crippen molar-refractivity contribution in [1.82, 2.24) is 4.98 Å². The number of nitrogens with two attached hydrogens (primary N) is 2. The van der Waals surface area contributed by atoms with Crippen molar-refractivity contribution in [2.45, 2.75) is 25.6 Å². The van der Waals surface area contributed by atoms with Gasteiger partial charge < -0.3 is 26.0 Å². The van der Waals surface area contributed by atoms with Crippen molar-refractivity contribution in [1.29, 1.82) is 0 Å². The first-order valence-corrected chi connectivity index (χ1v) is 9.45. The van der Waals surface area contributed by atoms with Crippen molar-refractivity contribution in [2.75, 3.05) is 18.9 Å². The summed E-state index contributed by atoms with van der Waals surface area (Å²) >= 11 is 1.21. The van der Waals surface area contributed by atoms with Crippen molar-refractivity contribution < 1.29 is 19.3 Å². The zero-order chi connectivity index (χ0) is 19.4. The number of para-hydroxylation sites is 1. The van der Waals surface area contributed by atoms with E-state index in [0.717, 1.165) is 11.1 Å². The second-order valence-corrected chi connectivity index (χ2v) is 7.19. The Kier molecular flexibility index (Phi) is 6.10. The maximum atomic E-state index is 12.9. The van der Waals surface area contributed by atoms with Crippen LogP contribution < -0.4 is 16.1 Å². The predicted octanol–water partition coefficient (Wildman–Crippen LogP) is 1.16. The predicted molar refractivity (Wildman–Crippen MR) is 105 cm³/mol. The van der Waals surface area contributed by atoms with Gasteiger partial charge in [0.25, 0.3) is 0 Å². The van der Waals surface area contributed by atoms with Gasteiger partial charge in [-0.25, -0.2) is 4.98 Å². The monoisotopic (exact) mass is 388 g/mol. The minimum absolute atomic E-state index is 0.0385. The maximum Gasteiger partial charge on any atom is 0.526 e. The standard InChI is InChI=1S/C17H21BN4O4S/c1-10-3-2-4-11-7-12(18(24)26-16(10)11)8-14(23)15(22-25-6-5-19)13-9-27-17(20)21-13/h2-4,9,12,24H,5-8,19H2,1H3,(H2,20,21)/b22-15-/t12-/m1/s1. The number of oxime groups is 1. The minimum Gasteiger partial charge on any atom is -0.536 e. The maximum absolute atomic E-state index is 12.9. The van der Waals surface area contributed by atoms with Gasteiger partial charge in [0.05, 0.1) is 0 Å². The number of carbonyl (C=O) groups excluding carboxylic acids is 1. The highest BCUT2D eigenvalue weighted by Gasteiger charge is 2.37. The first kappa shape index (κ1) is 19.3. The molecule has 1 aromatic carbocycles. The lowest BCUT2D eigenvalue weighted by Gasteiger charge is -2.28. The number of benzene rings is 1. The van der Waals surface area contributed by atoms with Gasteiger partial charge in [0, 0.05) is 24.2 Å². The number of hydrogen-bond donors (Lipinski definition) is 3. The average molecular weight is 388 g/mol. The molecule has 0 saturated carbocycles. The van der Waals surface area contributed by atoms with E-state index in [9.17, 15) is 9.82 Å². The molecular formula is C17H21BN4O4S. The molecule has 5 N–H and O–H groups in total. The van der Waals surface area contributed by atoms with Gasteiger partial charge in [-0.1, -0.05) is 23.4 Å². The second-order valence-electron chi connectivity index (χ2n) is 6.30. The van der Waals surface area contributed by atoms with Gasteiger partial charge in [0.15, 0.2) is 16.6 Å². The summed E-state index contributed by atoms with van der Waals surface area (Å²) in [5.74, 6) is -0.0234. The number of Topliss-reactive ketones (excluding diaryl/α,β-unsaturated/α-hetero) is 1. The fraction of sp³-hybridized carbons (Fsp3) is 0.353. The SMILES string of the molecule is Cc1cccc2c1OB(O)[C@@H](CC(=O)/C(=N\OCCN)c1csc(N)n1)C2. The molecule has 1 aliphatic rings. The molecule has 2 aromatic rings. The number of anilines is 1. The van der Waals surface area contributed by atoms with E-state index in [-0.39, 0.29) is 31.1 Å². The van der Waals surface area contributed by atoms with E-state index in [1.165, 1.54) is 11.3 Å². The third-order valence-electron chi connectivity index (χ3n) is 4.26. The van der Waals surface area contributed by atoms with E-state index in [0.29, 0.717) is 23.0 Å². The van der Waals surface area contributed by atoms with Gasteiger partial charge in [0.2, 0.25) is 0 Å². The fourth-order valence-corrected chi connectivity index (χ4v) is 3.50. The van der Waals surface area contributed by atoms with Gasteiger partial charge in [-0.3, -0.25) is 4.79 Å². The van der Waals surface area contributed by atoms with Crippen LogP contribution in [0.15, 0.2) is 28.7 Å². The van der Waals surface area contributed by atoms with Gasteiger partial charge in [-0.2, -0.15) is 0 Å². The summed E-state index contributed by atoms with van der Waals surface area (Å²) in [6, 6.07) is 5.79. The first-order chi connectivity index (χ1) is 13.0. The van der Waals surface area contributed by atoms with E-state index in [1.807, 2.05) is 25.1 Å². The zero-order valence-corrected chi connectivity index (χ0v) is 15.7. The Morgan fingerprint density at radius 2 is 2.37 bits per heavy atom. The fourth-order valence-electron chi connectivity index (χ4n) is 2.95. The topological polar surface area (TPSA) is 133 Å². The Balaban J connectivity index is 1.78. The third-order valence-corrected chi connectivity index (χ3v) is 4.93. The van der Waals surface area contributed by atoms with Crippen molar-refractivity contribution in [3.05, 3.63) is 40.4 Å². The van der Waals surface area contributed by atoms with Crippen molar-refractivity contribution in [3.8, 4) is 5.75 Å². The molecule has 1 aromatic heterocycles. The van der Waals surface area contributed by atoms with Crippen LogP contribution in [0.25, 0.3) is 0 Å². The molecule has 0 aliphatic carbocycles. The molecule has 1 aliphatic heterocycles. The molecule has 0 bridgehead atoms. The Bertz CT molecular complexity index is 857. The Morgan fingerprint density at radius 1 is 1.56 bits per heavy atom. The highest BCUT2D eigenvalue weighted by molar-refractivity contribution is 7.13. The van der Waals surface area contributed by atoms with Gasteiger partial charge in [-0.15, -0.1) is 11.3 Å². The summed E-state index contributed by atoms with van der Waals surface area (Å²) in [5.41, 5.74) is 13.4. The average Bonchev–Trinajstić information content (AvgIpc) is 3.06. The number of nitrogens with zero attached hydrogens (tertiary/aromatic N) is 2. The summed E-state index contributed by atoms with van der Waals surface area (Å²) in [6.45, 7) is 2.37. The Hall–Kier alpha value is -2.43. The summed E-state index contributed by atoms with van der Waals surface area (Å²) in [7, 11) is -1.07. The van der Waals surface area contributed by atoms with Gasteiger partial charge >= 0.3 is 7.12 Å². The number of ketones is 1. The number of hydrogen-bond acceptors (Lipinski definition) is 9. The molecular weight excluding hydrogens is 367 g/mol. The quantitative estimate of drug-likeness (QED) is 0.281. The molecule has 3 rings (SSSR count). The molecule has 8 nitrogen and oxygen atoms in total. The number of thiazole rings is 1. The Morgan fingerprint density at radius 3 is 3.07 bits per heavy atom. The number of nitrogen functional groups attached to an aromatic ring is 1. The number of aromatic nitrogens is 1. The normalized spacial score (nSPS) is 16.6. The van der Waals surface area contributed by atoms with E-state index in [4.69, 9.17) is 21.0 Å². The van der Waals surface area contributed by atoms with Crippen LogP contribution in [0.1, 0.15) is 23.2 Å².